The summed E-state index contributed by atoms with van der Waals surface area (Å²) in [6.07, 6.45) is 1.16. The van der Waals surface area contributed by atoms with Crippen molar-refractivity contribution in [2.24, 2.45) is 5.73 Å². The average Bonchev–Trinajstić information content (AvgIpc) is 2.89. The van der Waals surface area contributed by atoms with Gasteiger partial charge in [0.2, 0.25) is 0 Å². The zero-order chi connectivity index (χ0) is 17.0. The molecule has 0 bridgehead atoms. The summed E-state index contributed by atoms with van der Waals surface area (Å²) < 4.78 is 0. The zero-order valence-electron chi connectivity index (χ0n) is 12.4. The predicted octanol–water partition coefficient (Wildman–Crippen LogP) is 1.32. The Bertz CT molecular complexity index is 752. The smallest absolute Gasteiger partial charge is 0.331 e. The number of H-pyrrole nitrogens is 1. The molecule has 122 valence electrons. The van der Waals surface area contributed by atoms with Crippen molar-refractivity contribution in [2.45, 2.75) is 31.2 Å². The van der Waals surface area contributed by atoms with E-state index in [1.165, 1.54) is 0 Å². The number of hydrogen-bond donors (Lipinski definition) is 4. The number of carbonyl (C=O) groups is 3. The molecule has 7 nitrogen and oxygen atoms in total. The number of ketones is 1. The fourth-order valence-corrected chi connectivity index (χ4v) is 2.49. The van der Waals surface area contributed by atoms with Gasteiger partial charge >= 0.3 is 11.9 Å². The van der Waals surface area contributed by atoms with Gasteiger partial charge in [-0.15, -0.1) is 0 Å². The number of aromatic nitrogens is 1. The molecule has 0 fully saturated rings. The van der Waals surface area contributed by atoms with Crippen LogP contribution in [0.3, 0.4) is 0 Å². The van der Waals surface area contributed by atoms with E-state index in [0.717, 1.165) is 10.9 Å². The largest absolute Gasteiger partial charge is 0.481 e. The van der Waals surface area contributed by atoms with E-state index in [2.05, 4.69) is 4.98 Å². The standard InChI is InChI=1S/C16H18N2O5/c17-16(15(22)23,13(19)6-3-7-14(20)21)8-10-9-18-12-5-2-1-4-11(10)12/h1-2,4-5,9,18H,3,6-8,17H2,(H,20,21)(H,22,23)/t16-/m1/s1. The van der Waals surface area contributed by atoms with Crippen LogP contribution in [0.15, 0.2) is 30.5 Å². The summed E-state index contributed by atoms with van der Waals surface area (Å²) in [5, 5.41) is 18.8. The van der Waals surface area contributed by atoms with E-state index in [1.54, 1.807) is 6.20 Å². The Kier molecular flexibility index (Phi) is 4.80. The molecule has 2 rings (SSSR count). The molecule has 0 aliphatic carbocycles. The number of aromatic amines is 1. The van der Waals surface area contributed by atoms with Gasteiger partial charge < -0.3 is 20.9 Å². The van der Waals surface area contributed by atoms with Crippen molar-refractivity contribution < 1.29 is 24.6 Å². The minimum absolute atomic E-state index is 0.0638. The number of benzene rings is 1. The Morgan fingerprint density at radius 1 is 1.13 bits per heavy atom. The molecule has 0 unspecified atom stereocenters. The molecule has 5 N–H and O–H groups in total. The van der Waals surface area contributed by atoms with Crippen molar-refractivity contribution in [3.63, 3.8) is 0 Å². The van der Waals surface area contributed by atoms with Crippen LogP contribution in [-0.4, -0.2) is 38.5 Å². The third-order valence-corrected chi connectivity index (χ3v) is 3.82. The van der Waals surface area contributed by atoms with Gasteiger partial charge in [0, 0.05) is 36.4 Å². The molecule has 0 saturated heterocycles. The molecule has 0 saturated carbocycles. The minimum Gasteiger partial charge on any atom is -0.481 e. The van der Waals surface area contributed by atoms with Crippen LogP contribution in [0.4, 0.5) is 0 Å². The van der Waals surface area contributed by atoms with E-state index >= 15 is 0 Å². The van der Waals surface area contributed by atoms with E-state index in [4.69, 9.17) is 10.8 Å². The van der Waals surface area contributed by atoms with Crippen LogP contribution >= 0.6 is 0 Å². The Morgan fingerprint density at radius 3 is 2.48 bits per heavy atom. The number of nitrogens with one attached hydrogen (secondary N) is 1. The Balaban J connectivity index is 2.21. The van der Waals surface area contributed by atoms with Crippen molar-refractivity contribution in [3.8, 4) is 0 Å². The van der Waals surface area contributed by atoms with Crippen LogP contribution in [0.5, 0.6) is 0 Å². The van der Waals surface area contributed by atoms with Crippen molar-refractivity contribution >= 4 is 28.6 Å². The number of rotatable bonds is 8. The first kappa shape index (κ1) is 16.7. The summed E-state index contributed by atoms with van der Waals surface area (Å²) in [6.45, 7) is 0. The first-order valence-corrected chi connectivity index (χ1v) is 7.17. The molecule has 0 aliphatic heterocycles. The van der Waals surface area contributed by atoms with Crippen molar-refractivity contribution in [1.29, 1.82) is 0 Å². The van der Waals surface area contributed by atoms with Crippen molar-refractivity contribution in [2.75, 3.05) is 0 Å². The van der Waals surface area contributed by atoms with E-state index in [9.17, 15) is 19.5 Å². The molecule has 1 atom stereocenters. The van der Waals surface area contributed by atoms with E-state index in [1.807, 2.05) is 24.3 Å². The molecule has 1 aromatic heterocycles. The van der Waals surface area contributed by atoms with Crippen LogP contribution in [0.2, 0.25) is 0 Å². The Hall–Kier alpha value is -2.67. The SMILES string of the molecule is N[C@@](Cc1c[nH]c2ccccc12)(C(=O)O)C(=O)CCCC(=O)O. The van der Waals surface area contributed by atoms with Crippen LogP contribution < -0.4 is 5.73 Å². The van der Waals surface area contributed by atoms with Gasteiger partial charge in [0.25, 0.3) is 0 Å². The maximum Gasteiger partial charge on any atom is 0.331 e. The third kappa shape index (κ3) is 3.57. The molecule has 23 heavy (non-hydrogen) atoms. The number of para-hydroxylation sites is 1. The van der Waals surface area contributed by atoms with Gasteiger partial charge in [-0.3, -0.25) is 9.59 Å². The number of Topliss-reactive ketones (excluding diaryl/α,β-unsaturated/α-hetero) is 1. The van der Waals surface area contributed by atoms with E-state index in [0.29, 0.717) is 5.56 Å². The summed E-state index contributed by atoms with van der Waals surface area (Å²) in [4.78, 5) is 37.3. The van der Waals surface area contributed by atoms with Gasteiger partial charge in [-0.25, -0.2) is 4.79 Å². The van der Waals surface area contributed by atoms with Crippen LogP contribution in [0, 0.1) is 0 Å². The molecule has 0 spiro atoms. The summed E-state index contributed by atoms with van der Waals surface area (Å²) in [5.74, 6) is -3.12. The summed E-state index contributed by atoms with van der Waals surface area (Å²) in [5.41, 5.74) is 5.27. The molecule has 0 aliphatic rings. The average molecular weight is 318 g/mol. The predicted molar refractivity (Wildman–Crippen MR) is 83.1 cm³/mol. The Morgan fingerprint density at radius 2 is 1.83 bits per heavy atom. The number of nitrogens with two attached hydrogens (primary N) is 1. The summed E-state index contributed by atoms with van der Waals surface area (Å²) in [6, 6.07) is 7.31. The molecular weight excluding hydrogens is 300 g/mol. The topological polar surface area (TPSA) is 133 Å². The normalized spacial score (nSPS) is 13.6. The highest BCUT2D eigenvalue weighted by molar-refractivity contribution is 6.08. The van der Waals surface area contributed by atoms with Gasteiger partial charge in [0.1, 0.15) is 0 Å². The lowest BCUT2D eigenvalue weighted by atomic mass is 9.85. The number of carboxylic acid groups (broad SMARTS) is 2. The number of fused-ring (bicyclic) bond motifs is 1. The third-order valence-electron chi connectivity index (χ3n) is 3.82. The summed E-state index contributed by atoms with van der Waals surface area (Å²) in [7, 11) is 0. The van der Waals surface area contributed by atoms with Gasteiger partial charge in [-0.1, -0.05) is 18.2 Å². The zero-order valence-corrected chi connectivity index (χ0v) is 12.4. The highest BCUT2D eigenvalue weighted by Crippen LogP contribution is 2.23. The van der Waals surface area contributed by atoms with Crippen LogP contribution in [0.25, 0.3) is 10.9 Å². The molecule has 0 amide bonds. The first-order chi connectivity index (χ1) is 10.8. The van der Waals surface area contributed by atoms with Crippen LogP contribution in [0.1, 0.15) is 24.8 Å². The number of hydrogen-bond acceptors (Lipinski definition) is 4. The quantitative estimate of drug-likeness (QED) is 0.542. The van der Waals surface area contributed by atoms with Gasteiger partial charge in [-0.05, 0) is 18.1 Å². The van der Waals surface area contributed by atoms with Gasteiger partial charge in [-0.2, -0.15) is 0 Å². The van der Waals surface area contributed by atoms with Crippen molar-refractivity contribution in [1.82, 2.24) is 4.98 Å². The van der Waals surface area contributed by atoms with E-state index in [-0.39, 0.29) is 25.7 Å². The van der Waals surface area contributed by atoms with Crippen molar-refractivity contribution in [3.05, 3.63) is 36.0 Å². The maximum atomic E-state index is 12.2. The highest BCUT2D eigenvalue weighted by atomic mass is 16.4. The Labute approximate surface area is 132 Å². The highest BCUT2D eigenvalue weighted by Gasteiger charge is 2.41. The monoisotopic (exact) mass is 318 g/mol. The second kappa shape index (κ2) is 6.62. The first-order valence-electron chi connectivity index (χ1n) is 7.17. The molecular formula is C16H18N2O5. The van der Waals surface area contributed by atoms with E-state index < -0.39 is 23.3 Å². The van der Waals surface area contributed by atoms with Crippen LogP contribution in [-0.2, 0) is 20.8 Å². The molecule has 0 radical (unpaired) electrons. The molecule has 7 heteroatoms. The lowest BCUT2D eigenvalue weighted by Crippen LogP contribution is -2.56. The molecule has 1 aromatic carbocycles. The summed E-state index contributed by atoms with van der Waals surface area (Å²) >= 11 is 0. The fraction of sp³-hybridized carbons (Fsp3) is 0.312. The number of carboxylic acids is 2. The molecule has 1 heterocycles. The number of aliphatic carboxylic acids is 2. The van der Waals surface area contributed by atoms with Gasteiger partial charge in [0.05, 0.1) is 0 Å². The lowest BCUT2D eigenvalue weighted by Gasteiger charge is -2.23. The second-order valence-electron chi connectivity index (χ2n) is 5.48. The number of carbonyl (C=O) groups excluding carboxylic acids is 1. The fourth-order valence-electron chi connectivity index (χ4n) is 2.49. The lowest BCUT2D eigenvalue weighted by molar-refractivity contribution is -0.148. The molecule has 2 aromatic rings. The van der Waals surface area contributed by atoms with Gasteiger partial charge in [0.15, 0.2) is 11.3 Å². The second-order valence-corrected chi connectivity index (χ2v) is 5.48. The minimum atomic E-state index is -2.07. The maximum absolute atomic E-state index is 12.2.